The Balaban J connectivity index is 2.18. The van der Waals surface area contributed by atoms with Crippen molar-refractivity contribution in [3.63, 3.8) is 0 Å². The van der Waals surface area contributed by atoms with Crippen molar-refractivity contribution in [1.82, 2.24) is 10.1 Å². The van der Waals surface area contributed by atoms with Gasteiger partial charge in [-0.05, 0) is 18.1 Å². The molecule has 0 bridgehead atoms. The highest BCUT2D eigenvalue weighted by molar-refractivity contribution is 6.31. The third-order valence-corrected chi connectivity index (χ3v) is 3.78. The Morgan fingerprint density at radius 3 is 2.85 bits per heavy atom. The van der Waals surface area contributed by atoms with Gasteiger partial charge in [0.05, 0.1) is 6.04 Å². The fraction of sp³-hybridized carbons (Fsp3) is 0.429. The summed E-state index contributed by atoms with van der Waals surface area (Å²) in [4.78, 5) is 4.23. The average Bonchev–Trinajstić information content (AvgIpc) is 2.90. The van der Waals surface area contributed by atoms with Gasteiger partial charge in [0.1, 0.15) is 5.82 Å². The zero-order chi connectivity index (χ0) is 14.7. The highest BCUT2D eigenvalue weighted by atomic mass is 35.5. The lowest BCUT2D eigenvalue weighted by atomic mass is 10.0. The fourth-order valence-corrected chi connectivity index (χ4v) is 2.06. The number of nitrogens with zero attached hydrogens (tertiary/aromatic N) is 2. The second kappa shape index (κ2) is 6.33. The van der Waals surface area contributed by atoms with E-state index in [0.29, 0.717) is 22.3 Å². The molecule has 2 aromatic rings. The molecule has 4 nitrogen and oxygen atoms in total. The number of nitrogens with two attached hydrogens (primary N) is 1. The number of halogens is 2. The van der Waals surface area contributed by atoms with Crippen LogP contribution in [0.5, 0.6) is 0 Å². The molecule has 0 aliphatic rings. The maximum atomic E-state index is 13.7. The van der Waals surface area contributed by atoms with E-state index in [-0.39, 0.29) is 24.2 Å². The first-order chi connectivity index (χ1) is 9.52. The van der Waals surface area contributed by atoms with E-state index in [2.05, 4.69) is 10.1 Å². The minimum absolute atomic E-state index is 0.183. The van der Waals surface area contributed by atoms with Gasteiger partial charge in [0.15, 0.2) is 5.82 Å². The topological polar surface area (TPSA) is 64.9 Å². The van der Waals surface area contributed by atoms with Gasteiger partial charge in [0, 0.05) is 17.0 Å². The van der Waals surface area contributed by atoms with Crippen molar-refractivity contribution in [3.8, 4) is 0 Å². The Labute approximate surface area is 122 Å². The Morgan fingerprint density at radius 2 is 2.20 bits per heavy atom. The molecule has 0 saturated heterocycles. The van der Waals surface area contributed by atoms with Crippen molar-refractivity contribution in [2.24, 2.45) is 11.7 Å². The van der Waals surface area contributed by atoms with Gasteiger partial charge < -0.3 is 10.3 Å². The quantitative estimate of drug-likeness (QED) is 0.917. The van der Waals surface area contributed by atoms with E-state index in [0.717, 1.165) is 6.42 Å². The summed E-state index contributed by atoms with van der Waals surface area (Å²) in [6, 6.07) is 4.23. The summed E-state index contributed by atoms with van der Waals surface area (Å²) in [5, 5.41) is 4.19. The predicted octanol–water partition coefficient (Wildman–Crippen LogP) is 3.50. The highest BCUT2D eigenvalue weighted by Crippen LogP contribution is 2.23. The molecule has 1 aromatic heterocycles. The summed E-state index contributed by atoms with van der Waals surface area (Å²) < 4.78 is 18.8. The molecule has 0 amide bonds. The third kappa shape index (κ3) is 3.16. The van der Waals surface area contributed by atoms with Crippen molar-refractivity contribution in [2.45, 2.75) is 32.7 Å². The lowest BCUT2D eigenvalue weighted by molar-refractivity contribution is 0.310. The van der Waals surface area contributed by atoms with Crippen LogP contribution in [0.25, 0.3) is 0 Å². The number of rotatable bonds is 5. The molecule has 6 heteroatoms. The Hall–Kier alpha value is -1.46. The van der Waals surface area contributed by atoms with Gasteiger partial charge >= 0.3 is 0 Å². The van der Waals surface area contributed by atoms with Crippen molar-refractivity contribution in [1.29, 1.82) is 0 Å². The molecule has 0 radical (unpaired) electrons. The minimum atomic E-state index is -0.380. The number of hydrogen-bond donors (Lipinski definition) is 1. The number of benzene rings is 1. The largest absolute Gasteiger partial charge is 0.338 e. The summed E-state index contributed by atoms with van der Waals surface area (Å²) >= 11 is 5.97. The van der Waals surface area contributed by atoms with E-state index >= 15 is 0 Å². The maximum absolute atomic E-state index is 13.7. The van der Waals surface area contributed by atoms with Crippen LogP contribution in [0.3, 0.4) is 0 Å². The summed E-state index contributed by atoms with van der Waals surface area (Å²) in [6.07, 6.45) is 1.10. The van der Waals surface area contributed by atoms with Gasteiger partial charge in [-0.2, -0.15) is 4.98 Å². The summed E-state index contributed by atoms with van der Waals surface area (Å²) in [6.45, 7) is 4.06. The van der Waals surface area contributed by atoms with Crippen LogP contribution in [-0.2, 0) is 6.42 Å². The molecule has 108 valence electrons. The second-order valence-corrected chi connectivity index (χ2v) is 5.24. The van der Waals surface area contributed by atoms with Crippen LogP contribution in [-0.4, -0.2) is 10.1 Å². The molecule has 0 aliphatic heterocycles. The first-order valence-electron chi connectivity index (χ1n) is 6.53. The Morgan fingerprint density at radius 1 is 1.45 bits per heavy atom. The lowest BCUT2D eigenvalue weighted by Crippen LogP contribution is -2.18. The predicted molar refractivity (Wildman–Crippen MR) is 74.9 cm³/mol. The first kappa shape index (κ1) is 14.9. The number of hydrogen-bond acceptors (Lipinski definition) is 4. The van der Waals surface area contributed by atoms with Gasteiger partial charge in [0.25, 0.3) is 0 Å². The molecule has 20 heavy (non-hydrogen) atoms. The van der Waals surface area contributed by atoms with Gasteiger partial charge in [-0.1, -0.05) is 43.1 Å². The van der Waals surface area contributed by atoms with Crippen LogP contribution >= 0.6 is 11.6 Å². The van der Waals surface area contributed by atoms with E-state index in [1.165, 1.54) is 6.07 Å². The highest BCUT2D eigenvalue weighted by Gasteiger charge is 2.20. The summed E-state index contributed by atoms with van der Waals surface area (Å²) in [7, 11) is 0. The van der Waals surface area contributed by atoms with Crippen LogP contribution in [0.1, 0.15) is 43.6 Å². The molecule has 2 atom stereocenters. The van der Waals surface area contributed by atoms with Crippen molar-refractivity contribution in [3.05, 3.63) is 46.3 Å². The summed E-state index contributed by atoms with van der Waals surface area (Å²) in [5.41, 5.74) is 6.38. The van der Waals surface area contributed by atoms with Gasteiger partial charge in [-0.15, -0.1) is 0 Å². The smallest absolute Gasteiger partial charge is 0.243 e. The number of aromatic nitrogens is 2. The normalized spacial score (nSPS) is 14.2. The molecule has 0 spiro atoms. The molecular weight excluding hydrogens is 281 g/mol. The molecule has 0 fully saturated rings. The van der Waals surface area contributed by atoms with Gasteiger partial charge in [0.2, 0.25) is 5.89 Å². The van der Waals surface area contributed by atoms with Crippen molar-refractivity contribution < 1.29 is 8.91 Å². The minimum Gasteiger partial charge on any atom is -0.338 e. The third-order valence-electron chi connectivity index (χ3n) is 3.42. The molecule has 1 aromatic carbocycles. The standard InChI is InChI=1S/C14H17ClFN3O/c1-3-8(2)13(17)14-18-12(19-20-14)7-9-10(15)5-4-6-11(9)16/h4-6,8,13H,3,7,17H2,1-2H3/t8?,13-/m0/s1. The molecular formula is C14H17ClFN3O. The van der Waals surface area contributed by atoms with Gasteiger partial charge in [-0.3, -0.25) is 0 Å². The van der Waals surface area contributed by atoms with E-state index < -0.39 is 0 Å². The van der Waals surface area contributed by atoms with Crippen molar-refractivity contribution >= 4 is 11.6 Å². The molecule has 2 N–H and O–H groups in total. The molecule has 1 unspecified atom stereocenters. The SMILES string of the molecule is CCC(C)[C@H](N)c1nc(Cc2c(F)cccc2Cl)no1. The maximum Gasteiger partial charge on any atom is 0.243 e. The Kier molecular flexibility index (Phi) is 4.73. The monoisotopic (exact) mass is 297 g/mol. The van der Waals surface area contributed by atoms with Crippen LogP contribution in [0.4, 0.5) is 4.39 Å². The zero-order valence-electron chi connectivity index (χ0n) is 11.4. The zero-order valence-corrected chi connectivity index (χ0v) is 12.2. The van der Waals surface area contributed by atoms with Crippen LogP contribution in [0.2, 0.25) is 5.02 Å². The molecule has 1 heterocycles. The molecule has 0 saturated carbocycles. The average molecular weight is 298 g/mol. The van der Waals surface area contributed by atoms with E-state index in [9.17, 15) is 4.39 Å². The van der Waals surface area contributed by atoms with Crippen LogP contribution < -0.4 is 5.73 Å². The Bertz CT molecular complexity index is 567. The second-order valence-electron chi connectivity index (χ2n) is 4.84. The van der Waals surface area contributed by atoms with Crippen LogP contribution in [0, 0.1) is 11.7 Å². The van der Waals surface area contributed by atoms with Gasteiger partial charge in [-0.25, -0.2) is 4.39 Å². The fourth-order valence-electron chi connectivity index (χ4n) is 1.83. The van der Waals surface area contributed by atoms with E-state index in [4.69, 9.17) is 21.9 Å². The lowest BCUT2D eigenvalue weighted by Gasteiger charge is -2.12. The molecule has 0 aliphatic carbocycles. The van der Waals surface area contributed by atoms with E-state index in [1.807, 2.05) is 13.8 Å². The van der Waals surface area contributed by atoms with Crippen LogP contribution in [0.15, 0.2) is 22.7 Å². The summed E-state index contributed by atoms with van der Waals surface area (Å²) in [5.74, 6) is 0.614. The van der Waals surface area contributed by atoms with E-state index in [1.54, 1.807) is 12.1 Å². The van der Waals surface area contributed by atoms with Crippen molar-refractivity contribution in [2.75, 3.05) is 0 Å². The first-order valence-corrected chi connectivity index (χ1v) is 6.91. The molecule has 2 rings (SSSR count).